The second-order valence-corrected chi connectivity index (χ2v) is 5.29. The molecule has 1 unspecified atom stereocenters. The fraction of sp³-hybridized carbons (Fsp3) is 0.471. The monoisotopic (exact) mass is 294 g/mol. The molecule has 1 aliphatic rings. The van der Waals surface area contributed by atoms with Crippen molar-refractivity contribution in [2.24, 2.45) is 11.6 Å². The van der Waals surface area contributed by atoms with Gasteiger partial charge < -0.3 is 16.0 Å². The molecule has 0 radical (unpaired) electrons. The number of carbonyl (C=O) groups excluding carboxylic acids is 1. The van der Waals surface area contributed by atoms with E-state index in [1.165, 1.54) is 0 Å². The normalized spacial score (nSPS) is 39.7. The lowest BCUT2D eigenvalue weighted by molar-refractivity contribution is 0.100. The Kier molecular flexibility index (Phi) is 1.72. The van der Waals surface area contributed by atoms with E-state index in [1.54, 1.807) is 13.8 Å². The number of primary amides is 1. The van der Waals surface area contributed by atoms with Gasteiger partial charge in [0, 0.05) is 42.4 Å². The first-order valence-electron chi connectivity index (χ1n) is 11.2. The summed E-state index contributed by atoms with van der Waals surface area (Å²) in [7, 11) is 0. The maximum Gasteiger partial charge on any atom is 0.248 e. The Morgan fingerprint density at radius 2 is 2.33 bits per heavy atom. The van der Waals surface area contributed by atoms with Crippen molar-refractivity contribution in [3.63, 3.8) is 0 Å². The van der Waals surface area contributed by atoms with E-state index in [9.17, 15) is 4.79 Å². The highest BCUT2D eigenvalue weighted by Crippen LogP contribution is 2.32. The summed E-state index contributed by atoms with van der Waals surface area (Å²) in [5.41, 5.74) is 3.67. The molecule has 1 amide bonds. The molecule has 4 N–H and O–H groups in total. The van der Waals surface area contributed by atoms with Crippen LogP contribution in [0.4, 0.5) is 0 Å². The molecule has 21 heavy (non-hydrogen) atoms. The Morgan fingerprint density at radius 1 is 1.57 bits per heavy atom. The number of fused-ring (bicyclic) bond motifs is 3. The molecular formula is C17H23N3O. The molecule has 4 heteroatoms. The van der Waals surface area contributed by atoms with Crippen LogP contribution in [0.2, 0.25) is 0 Å². The number of hydrogen-bond donors (Lipinski definition) is 3. The third-order valence-electron chi connectivity index (χ3n) is 3.18. The summed E-state index contributed by atoms with van der Waals surface area (Å²) < 4.78 is 77.0. The number of nitrogens with two attached hydrogens (primary N) is 1. The largest absolute Gasteiger partial charge is 0.366 e. The first-order chi connectivity index (χ1) is 13.4. The van der Waals surface area contributed by atoms with Gasteiger partial charge in [0.1, 0.15) is 0 Å². The molecule has 2 aromatic rings. The number of carbonyl (C=O) groups is 1. The molecule has 0 bridgehead atoms. The number of aromatic nitrogens is 1. The third kappa shape index (κ3) is 2.56. The van der Waals surface area contributed by atoms with Gasteiger partial charge in [0.05, 0.1) is 4.11 Å². The van der Waals surface area contributed by atoms with Crippen molar-refractivity contribution in [1.29, 1.82) is 0 Å². The van der Waals surface area contributed by atoms with Gasteiger partial charge in [-0.3, -0.25) is 4.79 Å². The number of aromatic amines is 1. The van der Waals surface area contributed by atoms with Crippen molar-refractivity contribution in [1.82, 2.24) is 10.3 Å². The summed E-state index contributed by atoms with van der Waals surface area (Å²) in [6, 6.07) is -4.77. The number of hydrogen-bond acceptors (Lipinski definition) is 2. The predicted molar refractivity (Wildman–Crippen MR) is 85.4 cm³/mol. The van der Waals surface area contributed by atoms with E-state index in [0.29, 0.717) is 0 Å². The quantitative estimate of drug-likeness (QED) is 0.813. The van der Waals surface area contributed by atoms with Crippen molar-refractivity contribution in [2.45, 2.75) is 45.6 Å². The second-order valence-electron chi connectivity index (χ2n) is 5.29. The Bertz CT molecular complexity index is 1080. The number of H-pyrrole nitrogens is 1. The van der Waals surface area contributed by atoms with Gasteiger partial charge in [-0.2, -0.15) is 0 Å². The van der Waals surface area contributed by atoms with Gasteiger partial charge >= 0.3 is 0 Å². The fourth-order valence-corrected chi connectivity index (χ4v) is 2.24. The summed E-state index contributed by atoms with van der Waals surface area (Å²) >= 11 is 0. The SMILES string of the molecule is [2H]c1c(C(N)=O)c([2H])c2c3c([nH]c2c1[2H])C([2H])([2H])C([2H])(C)[C@@]([2H])(NC(C)C)C3([2H])[2H]. The highest BCUT2D eigenvalue weighted by Gasteiger charge is 2.28. The maximum absolute atomic E-state index is 11.8. The first-order valence-corrected chi connectivity index (χ1v) is 6.69. The molecule has 0 spiro atoms. The third-order valence-corrected chi connectivity index (χ3v) is 3.18. The lowest BCUT2D eigenvalue weighted by atomic mass is 9.83. The van der Waals surface area contributed by atoms with Crippen LogP contribution in [0, 0.1) is 5.89 Å². The highest BCUT2D eigenvalue weighted by molar-refractivity contribution is 5.98. The lowest BCUT2D eigenvalue weighted by Crippen LogP contribution is -2.43. The average molecular weight is 294 g/mol. The topological polar surface area (TPSA) is 70.9 Å². The van der Waals surface area contributed by atoms with Gasteiger partial charge in [0.15, 0.2) is 0 Å². The molecular weight excluding hydrogens is 262 g/mol. The summed E-state index contributed by atoms with van der Waals surface area (Å²) in [4.78, 5) is 14.4. The van der Waals surface area contributed by atoms with E-state index in [-0.39, 0.29) is 10.9 Å². The van der Waals surface area contributed by atoms with Crippen molar-refractivity contribution < 1.29 is 17.1 Å². The van der Waals surface area contributed by atoms with Crippen molar-refractivity contribution in [3.05, 3.63) is 34.9 Å². The summed E-state index contributed by atoms with van der Waals surface area (Å²) in [6.45, 7) is 4.39. The van der Waals surface area contributed by atoms with Crippen LogP contribution in [0.1, 0.15) is 54.7 Å². The minimum atomic E-state index is -2.71. The van der Waals surface area contributed by atoms with Crippen molar-refractivity contribution in [3.8, 4) is 0 Å². The zero-order chi connectivity index (χ0) is 23.2. The number of benzene rings is 1. The zero-order valence-corrected chi connectivity index (χ0v) is 12.1. The molecule has 4 nitrogen and oxygen atoms in total. The standard InChI is InChI=1S/C17H23N3O/c1-9(2)19-15-8-13-12-7-11(17(18)21)4-5-14(12)20-16(13)6-10(15)3/h4-5,7,9-10,15,19-20H,6,8H2,1-3H3,(H2,18,21)/t10?,15-/m0/s1/i4D,5D,6D2,7D,8D2,10D,15D. The van der Waals surface area contributed by atoms with Gasteiger partial charge in [0.2, 0.25) is 5.91 Å². The molecule has 1 aromatic carbocycles. The molecule has 3 rings (SSSR count). The van der Waals surface area contributed by atoms with Crippen molar-refractivity contribution in [2.75, 3.05) is 0 Å². The number of nitrogens with one attached hydrogen (secondary N) is 2. The zero-order valence-electron chi connectivity index (χ0n) is 21.1. The Labute approximate surface area is 137 Å². The molecule has 1 aliphatic carbocycles. The average Bonchev–Trinajstić information content (AvgIpc) is 3.00. The van der Waals surface area contributed by atoms with E-state index in [1.807, 2.05) is 0 Å². The number of amides is 1. The van der Waals surface area contributed by atoms with Crippen LogP contribution in [0.3, 0.4) is 0 Å². The maximum atomic E-state index is 11.8. The Morgan fingerprint density at radius 3 is 3.00 bits per heavy atom. The van der Waals surface area contributed by atoms with Gasteiger partial charge in [-0.25, -0.2) is 0 Å². The first kappa shape index (κ1) is 6.97. The van der Waals surface area contributed by atoms with E-state index < -0.39 is 71.6 Å². The van der Waals surface area contributed by atoms with Crippen LogP contribution in [-0.2, 0) is 12.7 Å². The van der Waals surface area contributed by atoms with Gasteiger partial charge in [0.25, 0.3) is 0 Å². The minimum absolute atomic E-state index is 0.211. The van der Waals surface area contributed by atoms with E-state index in [4.69, 9.17) is 18.1 Å². The number of rotatable bonds is 3. The molecule has 1 heterocycles. The summed E-state index contributed by atoms with van der Waals surface area (Å²) in [6.07, 6.45) is -5.32. The molecule has 0 saturated heterocycles. The minimum Gasteiger partial charge on any atom is -0.366 e. The highest BCUT2D eigenvalue weighted by atomic mass is 16.1. The van der Waals surface area contributed by atoms with Gasteiger partial charge in [-0.15, -0.1) is 0 Å². The lowest BCUT2D eigenvalue weighted by Gasteiger charge is -2.31. The Hall–Kier alpha value is -1.81. The van der Waals surface area contributed by atoms with E-state index >= 15 is 0 Å². The Balaban J connectivity index is 2.59. The van der Waals surface area contributed by atoms with Crippen LogP contribution in [0.25, 0.3) is 10.9 Å². The summed E-state index contributed by atoms with van der Waals surface area (Å²) in [5, 5.41) is 2.40. The van der Waals surface area contributed by atoms with Crippen LogP contribution < -0.4 is 11.1 Å². The molecule has 0 aliphatic heterocycles. The molecule has 0 fully saturated rings. The van der Waals surface area contributed by atoms with Crippen molar-refractivity contribution >= 4 is 16.8 Å². The van der Waals surface area contributed by atoms with Crippen LogP contribution in [-0.4, -0.2) is 23.0 Å². The smallest absolute Gasteiger partial charge is 0.248 e. The van der Waals surface area contributed by atoms with E-state index in [2.05, 4.69) is 10.3 Å². The second kappa shape index (κ2) is 5.19. The van der Waals surface area contributed by atoms with Crippen LogP contribution in [0.5, 0.6) is 0 Å². The van der Waals surface area contributed by atoms with Crippen LogP contribution >= 0.6 is 0 Å². The molecule has 1 aromatic heterocycles. The predicted octanol–water partition coefficient (Wildman–Crippen LogP) is 2.37. The van der Waals surface area contributed by atoms with Gasteiger partial charge in [-0.05, 0) is 42.3 Å². The van der Waals surface area contributed by atoms with E-state index in [0.717, 1.165) is 6.92 Å². The van der Waals surface area contributed by atoms with Crippen LogP contribution in [0.15, 0.2) is 18.1 Å². The molecule has 112 valence electrons. The fourth-order valence-electron chi connectivity index (χ4n) is 2.24. The molecule has 0 saturated carbocycles. The summed E-state index contributed by atoms with van der Waals surface area (Å²) in [5.74, 6) is -3.49. The molecule has 2 atom stereocenters. The van der Waals surface area contributed by atoms with Gasteiger partial charge in [-0.1, -0.05) is 20.8 Å².